The van der Waals surface area contributed by atoms with Gasteiger partial charge in [-0.05, 0) is 36.5 Å². The van der Waals surface area contributed by atoms with Gasteiger partial charge in [-0.15, -0.1) is 0 Å². The summed E-state index contributed by atoms with van der Waals surface area (Å²) in [5.74, 6) is 0.784. The second kappa shape index (κ2) is 12.5. The molecule has 23 heavy (non-hydrogen) atoms. The SMILES string of the molecule is CCCCCCCCC(CC)CCC(C(O)=S)c1ccccc1. The Hall–Kier alpha value is -0.890. The molecule has 2 atom stereocenters. The molecule has 0 bridgehead atoms. The molecule has 0 aliphatic carbocycles. The first-order valence-electron chi connectivity index (χ1n) is 9.46. The van der Waals surface area contributed by atoms with Gasteiger partial charge in [-0.1, -0.05) is 95.5 Å². The molecule has 1 nitrogen and oxygen atoms in total. The first-order valence-corrected chi connectivity index (χ1v) is 9.87. The largest absolute Gasteiger partial charge is 0.502 e. The molecule has 1 aromatic carbocycles. The molecule has 0 fully saturated rings. The number of unbranched alkanes of at least 4 members (excludes halogenated alkanes) is 5. The molecular formula is C21H34OS. The number of aliphatic hydroxyl groups is 1. The lowest BCUT2D eigenvalue weighted by atomic mass is 9.87. The summed E-state index contributed by atoms with van der Waals surface area (Å²) in [7, 11) is 0. The van der Waals surface area contributed by atoms with E-state index in [1.807, 2.05) is 18.2 Å². The average molecular weight is 335 g/mol. The fourth-order valence-corrected chi connectivity index (χ4v) is 3.54. The van der Waals surface area contributed by atoms with E-state index in [9.17, 15) is 5.11 Å². The summed E-state index contributed by atoms with van der Waals surface area (Å²) in [5.41, 5.74) is 1.15. The Bertz CT molecular complexity index is 415. The third-order valence-electron chi connectivity index (χ3n) is 4.91. The molecule has 0 aromatic heterocycles. The molecule has 0 spiro atoms. The van der Waals surface area contributed by atoms with Crippen LogP contribution in [-0.4, -0.2) is 10.2 Å². The van der Waals surface area contributed by atoms with Crippen LogP contribution in [-0.2, 0) is 0 Å². The lowest BCUT2D eigenvalue weighted by Gasteiger charge is -2.19. The summed E-state index contributed by atoms with van der Waals surface area (Å²) >= 11 is 5.09. The van der Waals surface area contributed by atoms with Crippen LogP contribution in [0, 0.1) is 5.92 Å². The fourth-order valence-electron chi connectivity index (χ4n) is 3.29. The number of hydrogen-bond acceptors (Lipinski definition) is 1. The first-order chi connectivity index (χ1) is 11.2. The van der Waals surface area contributed by atoms with Crippen molar-refractivity contribution in [2.24, 2.45) is 5.92 Å². The minimum absolute atomic E-state index is 0.0183. The van der Waals surface area contributed by atoms with Gasteiger partial charge in [0.1, 0.15) is 0 Å². The van der Waals surface area contributed by atoms with Crippen molar-refractivity contribution in [3.63, 3.8) is 0 Å². The Kier molecular flexibility index (Phi) is 11.0. The fraction of sp³-hybridized carbons (Fsp3) is 0.667. The molecule has 0 radical (unpaired) electrons. The molecule has 1 aromatic rings. The number of aliphatic hydroxyl groups excluding tert-OH is 1. The molecule has 0 aliphatic rings. The predicted octanol–water partition coefficient (Wildman–Crippen LogP) is 7.21. The van der Waals surface area contributed by atoms with Gasteiger partial charge in [0.2, 0.25) is 0 Å². The lowest BCUT2D eigenvalue weighted by Crippen LogP contribution is -2.12. The molecule has 0 saturated carbocycles. The van der Waals surface area contributed by atoms with E-state index in [1.165, 1.54) is 51.4 Å². The van der Waals surface area contributed by atoms with Crippen molar-refractivity contribution in [2.75, 3.05) is 0 Å². The number of rotatable bonds is 13. The molecule has 0 aliphatic heterocycles. The Balaban J connectivity index is 2.35. The van der Waals surface area contributed by atoms with Crippen molar-refractivity contribution in [1.82, 2.24) is 0 Å². The predicted molar refractivity (Wildman–Crippen MR) is 105 cm³/mol. The summed E-state index contributed by atoms with van der Waals surface area (Å²) in [6, 6.07) is 10.2. The maximum atomic E-state index is 9.88. The van der Waals surface area contributed by atoms with E-state index in [-0.39, 0.29) is 11.0 Å². The van der Waals surface area contributed by atoms with Gasteiger partial charge >= 0.3 is 0 Å². The Morgan fingerprint density at radius 2 is 1.57 bits per heavy atom. The van der Waals surface area contributed by atoms with Gasteiger partial charge < -0.3 is 5.11 Å². The van der Waals surface area contributed by atoms with Gasteiger partial charge in [0.25, 0.3) is 0 Å². The smallest absolute Gasteiger partial charge is 0.164 e. The van der Waals surface area contributed by atoms with Gasteiger partial charge in [0.05, 0.1) is 5.92 Å². The van der Waals surface area contributed by atoms with E-state index in [1.54, 1.807) is 0 Å². The second-order valence-corrected chi connectivity index (χ2v) is 7.13. The van der Waals surface area contributed by atoms with E-state index < -0.39 is 0 Å². The monoisotopic (exact) mass is 334 g/mol. The normalized spacial score (nSPS) is 13.7. The first kappa shape index (κ1) is 20.2. The van der Waals surface area contributed by atoms with Crippen molar-refractivity contribution in [3.05, 3.63) is 35.9 Å². The highest BCUT2D eigenvalue weighted by atomic mass is 32.1. The van der Waals surface area contributed by atoms with Crippen LogP contribution in [0.5, 0.6) is 0 Å². The molecular weight excluding hydrogens is 300 g/mol. The molecule has 2 unspecified atom stereocenters. The van der Waals surface area contributed by atoms with E-state index in [0.29, 0.717) is 0 Å². The highest BCUT2D eigenvalue weighted by Crippen LogP contribution is 2.28. The Labute approximate surface area is 148 Å². The van der Waals surface area contributed by atoms with Crippen LogP contribution < -0.4 is 0 Å². The maximum Gasteiger partial charge on any atom is 0.164 e. The van der Waals surface area contributed by atoms with Crippen LogP contribution in [0.4, 0.5) is 0 Å². The topological polar surface area (TPSA) is 20.2 Å². The van der Waals surface area contributed by atoms with Crippen LogP contribution in [0.3, 0.4) is 0 Å². The number of hydrogen-bond donors (Lipinski definition) is 1. The van der Waals surface area contributed by atoms with Crippen LogP contribution >= 0.6 is 12.2 Å². The highest BCUT2D eigenvalue weighted by molar-refractivity contribution is 7.80. The molecule has 0 amide bonds. The summed E-state index contributed by atoms with van der Waals surface area (Å²) in [4.78, 5) is 0. The molecule has 130 valence electrons. The standard InChI is InChI=1S/C21H34OS/c1-3-5-6-7-8-10-13-18(4-2)16-17-20(21(22)23)19-14-11-9-12-15-19/h9,11-12,14-15,18,20H,3-8,10,13,16-17H2,1-2H3,(H,22,23). The van der Waals surface area contributed by atoms with Crippen molar-refractivity contribution in [3.8, 4) is 0 Å². The molecule has 0 saturated heterocycles. The van der Waals surface area contributed by atoms with Gasteiger partial charge in [-0.2, -0.15) is 0 Å². The molecule has 2 heteroatoms. The number of benzene rings is 1. The molecule has 1 N–H and O–H groups in total. The third-order valence-corrected chi connectivity index (χ3v) is 5.19. The third kappa shape index (κ3) is 8.50. The highest BCUT2D eigenvalue weighted by Gasteiger charge is 2.18. The van der Waals surface area contributed by atoms with E-state index >= 15 is 0 Å². The van der Waals surface area contributed by atoms with E-state index in [0.717, 1.165) is 24.3 Å². The summed E-state index contributed by atoms with van der Waals surface area (Å²) in [6.07, 6.45) is 12.9. The van der Waals surface area contributed by atoms with Crippen LogP contribution in [0.15, 0.2) is 30.3 Å². The van der Waals surface area contributed by atoms with Gasteiger partial charge in [0, 0.05) is 0 Å². The molecule has 0 heterocycles. The van der Waals surface area contributed by atoms with Gasteiger partial charge in [-0.25, -0.2) is 0 Å². The van der Waals surface area contributed by atoms with Crippen molar-refractivity contribution in [2.45, 2.75) is 84.0 Å². The zero-order valence-corrected chi connectivity index (χ0v) is 15.8. The van der Waals surface area contributed by atoms with Crippen molar-refractivity contribution >= 4 is 17.3 Å². The van der Waals surface area contributed by atoms with Crippen LogP contribution in [0.1, 0.15) is 89.5 Å². The summed E-state index contributed by atoms with van der Waals surface area (Å²) < 4.78 is 0. The second-order valence-electron chi connectivity index (χ2n) is 6.71. The van der Waals surface area contributed by atoms with Crippen LogP contribution in [0.25, 0.3) is 0 Å². The van der Waals surface area contributed by atoms with Crippen molar-refractivity contribution < 1.29 is 5.11 Å². The minimum Gasteiger partial charge on any atom is -0.502 e. The van der Waals surface area contributed by atoms with Gasteiger partial charge in [-0.3, -0.25) is 0 Å². The van der Waals surface area contributed by atoms with Gasteiger partial charge in [0.15, 0.2) is 5.05 Å². The Morgan fingerprint density at radius 3 is 2.17 bits per heavy atom. The van der Waals surface area contributed by atoms with Crippen LogP contribution in [0.2, 0.25) is 0 Å². The Morgan fingerprint density at radius 1 is 0.913 bits per heavy atom. The summed E-state index contributed by atoms with van der Waals surface area (Å²) in [5, 5.41) is 10.0. The molecule has 1 rings (SSSR count). The van der Waals surface area contributed by atoms with Crippen molar-refractivity contribution in [1.29, 1.82) is 0 Å². The van der Waals surface area contributed by atoms with E-state index in [4.69, 9.17) is 12.2 Å². The minimum atomic E-state index is 0.0183. The average Bonchev–Trinajstić information content (AvgIpc) is 2.57. The zero-order chi connectivity index (χ0) is 16.9. The number of thiocarbonyl (C=S) groups is 1. The van der Waals surface area contributed by atoms with E-state index in [2.05, 4.69) is 26.0 Å². The quantitative estimate of drug-likeness (QED) is 0.304. The lowest BCUT2D eigenvalue weighted by molar-refractivity contribution is 0.391. The maximum absolute atomic E-state index is 9.88. The zero-order valence-electron chi connectivity index (χ0n) is 15.0. The summed E-state index contributed by atoms with van der Waals surface area (Å²) in [6.45, 7) is 4.55.